The summed E-state index contributed by atoms with van der Waals surface area (Å²) in [6.45, 7) is 3.48. The van der Waals surface area contributed by atoms with Gasteiger partial charge >= 0.3 is 0 Å². The maximum Gasteiger partial charge on any atom is 0.289 e. The maximum atomic E-state index is 12.1. The van der Waals surface area contributed by atoms with Crippen molar-refractivity contribution in [1.29, 1.82) is 5.26 Å². The molecule has 0 saturated heterocycles. The topological polar surface area (TPSA) is 78.4 Å². The van der Waals surface area contributed by atoms with Gasteiger partial charge < -0.3 is 5.11 Å². The molecule has 1 aromatic heterocycles. The van der Waals surface area contributed by atoms with Gasteiger partial charge in [0.25, 0.3) is 5.56 Å². The third-order valence-corrected chi connectivity index (χ3v) is 2.89. The van der Waals surface area contributed by atoms with Crippen molar-refractivity contribution in [3.63, 3.8) is 0 Å². The molecule has 0 amide bonds. The van der Waals surface area contributed by atoms with Crippen molar-refractivity contribution in [2.24, 2.45) is 5.10 Å². The number of nitrogens with zero attached hydrogens (tertiary/aromatic N) is 3. The third kappa shape index (κ3) is 2.59. The molecule has 0 aliphatic heterocycles. The first kappa shape index (κ1) is 13.6. The minimum Gasteiger partial charge on any atom is -0.508 e. The normalized spacial score (nSPS) is 10.7. The Balaban J connectivity index is 2.47. The molecule has 2 rings (SSSR count). The first-order valence-corrected chi connectivity index (χ1v) is 5.99. The van der Waals surface area contributed by atoms with E-state index in [1.54, 1.807) is 32.0 Å². The molecule has 1 N–H and O–H groups in total. The van der Waals surface area contributed by atoms with E-state index in [0.29, 0.717) is 11.3 Å². The van der Waals surface area contributed by atoms with E-state index in [-0.39, 0.29) is 11.3 Å². The van der Waals surface area contributed by atoms with Crippen LogP contribution in [0.3, 0.4) is 0 Å². The van der Waals surface area contributed by atoms with Crippen molar-refractivity contribution >= 4 is 6.21 Å². The van der Waals surface area contributed by atoms with E-state index >= 15 is 0 Å². The van der Waals surface area contributed by atoms with Crippen LogP contribution < -0.4 is 5.56 Å². The lowest BCUT2D eigenvalue weighted by Gasteiger charge is -2.06. The smallest absolute Gasteiger partial charge is 0.289 e. The molecule has 0 fully saturated rings. The number of rotatable bonds is 2. The van der Waals surface area contributed by atoms with Gasteiger partial charge in [-0.25, -0.2) is 4.68 Å². The van der Waals surface area contributed by atoms with Crippen LogP contribution in [0, 0.1) is 25.2 Å². The first-order valence-electron chi connectivity index (χ1n) is 5.99. The zero-order valence-corrected chi connectivity index (χ0v) is 11.2. The quantitative estimate of drug-likeness (QED) is 0.844. The molecule has 100 valence electrons. The second-order valence-electron chi connectivity index (χ2n) is 4.41. The molecule has 1 aromatic carbocycles. The van der Waals surface area contributed by atoms with Crippen LogP contribution in [0.15, 0.2) is 40.2 Å². The SMILES string of the molecule is Cc1cc(C)n(/N=C\c2ccc(O)cc2)c(=O)c1C#N. The van der Waals surface area contributed by atoms with E-state index in [0.717, 1.165) is 5.56 Å². The number of hydrogen-bond donors (Lipinski definition) is 1. The summed E-state index contributed by atoms with van der Waals surface area (Å²) in [6, 6.07) is 10.1. The fourth-order valence-electron chi connectivity index (χ4n) is 1.85. The Bertz CT molecular complexity index is 765. The lowest BCUT2D eigenvalue weighted by Crippen LogP contribution is -2.22. The summed E-state index contributed by atoms with van der Waals surface area (Å²) in [5, 5.41) is 22.3. The van der Waals surface area contributed by atoms with Gasteiger partial charge in [0, 0.05) is 5.69 Å². The van der Waals surface area contributed by atoms with E-state index in [2.05, 4.69) is 5.10 Å². The van der Waals surface area contributed by atoms with E-state index < -0.39 is 5.56 Å². The van der Waals surface area contributed by atoms with Crippen LogP contribution in [0.25, 0.3) is 0 Å². The average molecular weight is 267 g/mol. The number of aromatic nitrogens is 1. The average Bonchev–Trinajstić information content (AvgIpc) is 2.40. The second kappa shape index (κ2) is 5.41. The summed E-state index contributed by atoms with van der Waals surface area (Å²) in [4.78, 5) is 12.1. The predicted octanol–water partition coefficient (Wildman–Crippen LogP) is 1.92. The van der Waals surface area contributed by atoms with Crippen LogP contribution in [-0.2, 0) is 0 Å². The molecule has 0 aliphatic rings. The van der Waals surface area contributed by atoms with Crippen molar-refractivity contribution in [3.8, 4) is 11.8 Å². The highest BCUT2D eigenvalue weighted by Gasteiger charge is 2.08. The highest BCUT2D eigenvalue weighted by Crippen LogP contribution is 2.08. The molecule has 0 aliphatic carbocycles. The van der Waals surface area contributed by atoms with Gasteiger partial charge in [-0.15, -0.1) is 0 Å². The fraction of sp³-hybridized carbons (Fsp3) is 0.133. The summed E-state index contributed by atoms with van der Waals surface area (Å²) in [5.74, 6) is 0.164. The Morgan fingerprint density at radius 2 is 1.95 bits per heavy atom. The van der Waals surface area contributed by atoms with Crippen LogP contribution in [-0.4, -0.2) is 16.0 Å². The number of aromatic hydroxyl groups is 1. The number of phenolic OH excluding ortho intramolecular Hbond substituents is 1. The molecule has 0 atom stereocenters. The molecule has 1 heterocycles. The van der Waals surface area contributed by atoms with Crippen molar-refractivity contribution < 1.29 is 5.11 Å². The van der Waals surface area contributed by atoms with Crippen LogP contribution in [0.1, 0.15) is 22.4 Å². The van der Waals surface area contributed by atoms with Gasteiger partial charge in [0.1, 0.15) is 17.4 Å². The number of pyridine rings is 1. The Hall–Kier alpha value is -2.87. The highest BCUT2D eigenvalue weighted by molar-refractivity contribution is 5.79. The van der Waals surface area contributed by atoms with Gasteiger partial charge in [0.05, 0.1) is 6.21 Å². The van der Waals surface area contributed by atoms with Crippen molar-refractivity contribution in [1.82, 2.24) is 4.68 Å². The second-order valence-corrected chi connectivity index (χ2v) is 4.41. The zero-order valence-electron chi connectivity index (χ0n) is 11.2. The van der Waals surface area contributed by atoms with Crippen molar-refractivity contribution in [2.75, 3.05) is 0 Å². The highest BCUT2D eigenvalue weighted by atomic mass is 16.3. The maximum absolute atomic E-state index is 12.1. The Morgan fingerprint density at radius 1 is 1.30 bits per heavy atom. The van der Waals surface area contributed by atoms with Gasteiger partial charge in [0.15, 0.2) is 0 Å². The van der Waals surface area contributed by atoms with Gasteiger partial charge in [0.2, 0.25) is 0 Å². The predicted molar refractivity (Wildman–Crippen MR) is 76.0 cm³/mol. The van der Waals surface area contributed by atoms with Crippen LogP contribution in [0.4, 0.5) is 0 Å². The van der Waals surface area contributed by atoms with E-state index in [4.69, 9.17) is 5.26 Å². The lowest BCUT2D eigenvalue weighted by atomic mass is 10.1. The first-order chi connectivity index (χ1) is 9.52. The number of phenols is 1. The molecule has 0 unspecified atom stereocenters. The minimum atomic E-state index is -0.431. The van der Waals surface area contributed by atoms with Gasteiger partial charge in [-0.3, -0.25) is 4.79 Å². The van der Waals surface area contributed by atoms with E-state index in [9.17, 15) is 9.90 Å². The molecular formula is C15H13N3O2. The van der Waals surface area contributed by atoms with Crippen LogP contribution in [0.2, 0.25) is 0 Å². The summed E-state index contributed by atoms with van der Waals surface area (Å²) in [5.41, 5.74) is 1.71. The number of aryl methyl sites for hydroxylation is 2. The van der Waals surface area contributed by atoms with Crippen molar-refractivity contribution in [2.45, 2.75) is 13.8 Å². The fourth-order valence-corrected chi connectivity index (χ4v) is 1.85. The van der Waals surface area contributed by atoms with E-state index in [1.807, 2.05) is 6.07 Å². The van der Waals surface area contributed by atoms with Crippen LogP contribution in [0.5, 0.6) is 5.75 Å². The van der Waals surface area contributed by atoms with E-state index in [1.165, 1.54) is 23.0 Å². The summed E-state index contributed by atoms with van der Waals surface area (Å²) < 4.78 is 1.19. The molecule has 0 bridgehead atoms. The molecule has 0 radical (unpaired) electrons. The molecule has 20 heavy (non-hydrogen) atoms. The monoisotopic (exact) mass is 267 g/mol. The van der Waals surface area contributed by atoms with Gasteiger partial charge in [-0.05, 0) is 55.3 Å². The molecule has 0 saturated carbocycles. The van der Waals surface area contributed by atoms with Crippen molar-refractivity contribution in [3.05, 3.63) is 63.1 Å². The number of benzene rings is 1. The molecule has 5 nitrogen and oxygen atoms in total. The zero-order chi connectivity index (χ0) is 14.7. The standard InChI is InChI=1S/C15H13N3O2/c1-10-7-11(2)18(15(20)14(10)8-16)17-9-12-3-5-13(19)6-4-12/h3-7,9,19H,1-2H3/b17-9-. The molecule has 2 aromatic rings. The lowest BCUT2D eigenvalue weighted by molar-refractivity contribution is 0.475. The molecular weight excluding hydrogens is 254 g/mol. The Morgan fingerprint density at radius 3 is 2.55 bits per heavy atom. The Kier molecular flexibility index (Phi) is 3.67. The molecule has 5 heteroatoms. The number of nitriles is 1. The summed E-state index contributed by atoms with van der Waals surface area (Å²) in [6.07, 6.45) is 1.50. The largest absolute Gasteiger partial charge is 0.508 e. The number of hydrogen-bond acceptors (Lipinski definition) is 4. The summed E-state index contributed by atoms with van der Waals surface area (Å²) in [7, 11) is 0. The summed E-state index contributed by atoms with van der Waals surface area (Å²) >= 11 is 0. The Labute approximate surface area is 116 Å². The minimum absolute atomic E-state index is 0.0958. The third-order valence-electron chi connectivity index (χ3n) is 2.89. The molecule has 0 spiro atoms. The van der Waals surface area contributed by atoms with Gasteiger partial charge in [-0.2, -0.15) is 10.4 Å². The van der Waals surface area contributed by atoms with Gasteiger partial charge in [-0.1, -0.05) is 0 Å². The van der Waals surface area contributed by atoms with Crippen LogP contribution >= 0.6 is 0 Å².